The van der Waals surface area contributed by atoms with Crippen LogP contribution in [0.15, 0.2) is 12.1 Å². The Hall–Kier alpha value is -0.970. The lowest BCUT2D eigenvalue weighted by Gasteiger charge is -2.08. The van der Waals surface area contributed by atoms with Gasteiger partial charge in [-0.25, -0.2) is 0 Å². The highest BCUT2D eigenvalue weighted by molar-refractivity contribution is 6.32. The lowest BCUT2D eigenvalue weighted by molar-refractivity contribution is 0.0861. The molecule has 1 rings (SSSR count). The van der Waals surface area contributed by atoms with Crippen LogP contribution in [0.2, 0.25) is 5.02 Å². The Bertz CT molecular complexity index is 317. The molecule has 0 amide bonds. The summed E-state index contributed by atoms with van der Waals surface area (Å²) in [4.78, 5) is 4.66. The first kappa shape index (κ1) is 11.1. The zero-order valence-electron chi connectivity index (χ0n) is 8.00. The second-order valence-electron chi connectivity index (χ2n) is 2.64. The van der Waals surface area contributed by atoms with E-state index in [1.54, 1.807) is 6.07 Å². The quantitative estimate of drug-likeness (QED) is 0.754. The van der Waals surface area contributed by atoms with Crippen LogP contribution in [0.3, 0.4) is 0 Å². The number of ether oxygens (including phenoxy) is 1. The Morgan fingerprint density at radius 1 is 1.43 bits per heavy atom. The van der Waals surface area contributed by atoms with Crippen molar-refractivity contribution in [3.63, 3.8) is 0 Å². The highest BCUT2D eigenvalue weighted by Crippen LogP contribution is 2.31. The maximum Gasteiger partial charge on any atom is 0.141 e. The zero-order valence-corrected chi connectivity index (χ0v) is 8.76. The number of hydrogen-bond donors (Lipinski definition) is 2. The summed E-state index contributed by atoms with van der Waals surface area (Å²) in [6, 6.07) is 3.09. The fourth-order valence-electron chi connectivity index (χ4n) is 1.03. The molecule has 5 heteroatoms. The van der Waals surface area contributed by atoms with Crippen molar-refractivity contribution in [3.05, 3.63) is 22.7 Å². The highest BCUT2D eigenvalue weighted by Gasteiger charge is 2.07. The minimum absolute atomic E-state index is 0.121. The second-order valence-corrected chi connectivity index (χ2v) is 3.05. The Morgan fingerprint density at radius 3 is 2.71 bits per heavy atom. The minimum Gasteiger partial charge on any atom is -0.507 e. The maximum atomic E-state index is 9.54. The third-order valence-corrected chi connectivity index (χ3v) is 2.06. The van der Waals surface area contributed by atoms with E-state index >= 15 is 0 Å². The molecule has 0 spiro atoms. The van der Waals surface area contributed by atoms with E-state index in [-0.39, 0.29) is 5.75 Å². The number of hydrogen-bond acceptors (Lipinski definition) is 4. The molecule has 0 atom stereocenters. The summed E-state index contributed by atoms with van der Waals surface area (Å²) < 4.78 is 4.94. The van der Waals surface area contributed by atoms with Crippen LogP contribution in [0.1, 0.15) is 5.56 Å². The summed E-state index contributed by atoms with van der Waals surface area (Å²) in [6.45, 7) is 0.381. The van der Waals surface area contributed by atoms with Gasteiger partial charge in [-0.1, -0.05) is 11.6 Å². The van der Waals surface area contributed by atoms with Crippen LogP contribution < -0.4 is 10.2 Å². The second kappa shape index (κ2) is 5.05. The largest absolute Gasteiger partial charge is 0.507 e. The van der Waals surface area contributed by atoms with E-state index in [1.165, 1.54) is 20.3 Å². The molecule has 14 heavy (non-hydrogen) atoms. The maximum absolute atomic E-state index is 9.54. The Labute approximate surface area is 87.4 Å². The molecule has 0 heterocycles. The molecule has 0 aliphatic rings. The predicted octanol–water partition coefficient (Wildman–Crippen LogP) is 1.71. The highest BCUT2D eigenvalue weighted by atomic mass is 35.5. The fraction of sp³-hybridized carbons (Fsp3) is 0.333. The topological polar surface area (TPSA) is 50.7 Å². The Balaban J connectivity index is 2.90. The third-order valence-electron chi connectivity index (χ3n) is 1.76. The molecule has 0 radical (unpaired) electrons. The normalized spacial score (nSPS) is 10.2. The number of nitrogens with one attached hydrogen (secondary N) is 1. The number of benzene rings is 1. The molecule has 1 aromatic carbocycles. The number of rotatable bonds is 4. The summed E-state index contributed by atoms with van der Waals surface area (Å²) in [5.74, 6) is 0.570. The van der Waals surface area contributed by atoms with Gasteiger partial charge in [0.2, 0.25) is 0 Å². The lowest BCUT2D eigenvalue weighted by Crippen LogP contribution is -2.10. The van der Waals surface area contributed by atoms with Crippen LogP contribution in [0, 0.1) is 0 Å². The SMILES string of the molecule is CONCc1cc(Cl)c(OC)cc1O. The van der Waals surface area contributed by atoms with Crippen LogP contribution >= 0.6 is 11.6 Å². The Kier molecular flexibility index (Phi) is 4.00. The van der Waals surface area contributed by atoms with Gasteiger partial charge in [0.1, 0.15) is 11.5 Å². The van der Waals surface area contributed by atoms with E-state index in [1.807, 2.05) is 0 Å². The van der Waals surface area contributed by atoms with E-state index in [0.29, 0.717) is 22.9 Å². The minimum atomic E-state index is 0.121. The van der Waals surface area contributed by atoms with Crippen LogP contribution in [0.4, 0.5) is 0 Å². The van der Waals surface area contributed by atoms with Gasteiger partial charge in [0.15, 0.2) is 0 Å². The number of phenolic OH excluding ortho intramolecular Hbond substituents is 1. The van der Waals surface area contributed by atoms with Gasteiger partial charge in [-0.05, 0) is 6.07 Å². The van der Waals surface area contributed by atoms with Crippen molar-refractivity contribution in [3.8, 4) is 11.5 Å². The molecule has 0 saturated heterocycles. The number of hydroxylamine groups is 1. The molecule has 0 saturated carbocycles. The molecule has 0 aromatic heterocycles. The van der Waals surface area contributed by atoms with Crippen LogP contribution in [-0.4, -0.2) is 19.3 Å². The van der Waals surface area contributed by atoms with Gasteiger partial charge >= 0.3 is 0 Å². The van der Waals surface area contributed by atoms with Gasteiger partial charge in [-0.3, -0.25) is 0 Å². The standard InChI is InChI=1S/C9H12ClNO3/c1-13-9-4-8(12)6(3-7(9)10)5-11-14-2/h3-4,11-12H,5H2,1-2H3. The van der Waals surface area contributed by atoms with Crippen molar-refractivity contribution in [1.29, 1.82) is 0 Å². The van der Waals surface area contributed by atoms with E-state index in [2.05, 4.69) is 10.3 Å². The molecule has 2 N–H and O–H groups in total. The molecule has 0 aliphatic heterocycles. The van der Waals surface area contributed by atoms with Crippen molar-refractivity contribution in [2.24, 2.45) is 0 Å². The third kappa shape index (κ3) is 2.51. The molecule has 1 aromatic rings. The number of phenols is 1. The molecule has 0 fully saturated rings. The van der Waals surface area contributed by atoms with Crippen LogP contribution in [-0.2, 0) is 11.4 Å². The average molecular weight is 218 g/mol. The molecule has 0 aliphatic carbocycles. The van der Waals surface area contributed by atoms with Crippen molar-refractivity contribution >= 4 is 11.6 Å². The van der Waals surface area contributed by atoms with Gasteiger partial charge in [0, 0.05) is 18.2 Å². The predicted molar refractivity (Wildman–Crippen MR) is 53.5 cm³/mol. The van der Waals surface area contributed by atoms with Crippen LogP contribution in [0.25, 0.3) is 0 Å². The summed E-state index contributed by atoms with van der Waals surface area (Å²) in [5, 5.41) is 10.00. The van der Waals surface area contributed by atoms with Crippen molar-refractivity contribution in [2.45, 2.75) is 6.54 Å². The number of aromatic hydroxyl groups is 1. The summed E-state index contributed by atoms with van der Waals surface area (Å²) >= 11 is 5.88. The van der Waals surface area contributed by atoms with Crippen LogP contribution in [0.5, 0.6) is 11.5 Å². The first-order chi connectivity index (χ1) is 6.69. The van der Waals surface area contributed by atoms with Gasteiger partial charge in [-0.15, -0.1) is 0 Å². The molecule has 0 unspecified atom stereocenters. The molecule has 4 nitrogen and oxygen atoms in total. The number of methoxy groups -OCH3 is 1. The average Bonchev–Trinajstić information content (AvgIpc) is 2.18. The van der Waals surface area contributed by atoms with E-state index < -0.39 is 0 Å². The molecular formula is C9H12ClNO3. The lowest BCUT2D eigenvalue weighted by atomic mass is 10.2. The summed E-state index contributed by atoms with van der Waals surface area (Å²) in [6.07, 6.45) is 0. The van der Waals surface area contributed by atoms with E-state index in [9.17, 15) is 5.11 Å². The van der Waals surface area contributed by atoms with Gasteiger partial charge in [0.25, 0.3) is 0 Å². The van der Waals surface area contributed by atoms with Gasteiger partial charge < -0.3 is 14.7 Å². The monoisotopic (exact) mass is 217 g/mol. The molecular weight excluding hydrogens is 206 g/mol. The number of halogens is 1. The van der Waals surface area contributed by atoms with E-state index in [0.717, 1.165) is 0 Å². The summed E-state index contributed by atoms with van der Waals surface area (Å²) in [7, 11) is 3.00. The molecule has 78 valence electrons. The first-order valence-corrected chi connectivity index (χ1v) is 4.38. The van der Waals surface area contributed by atoms with Gasteiger partial charge in [0.05, 0.1) is 19.2 Å². The summed E-state index contributed by atoms with van der Waals surface area (Å²) in [5.41, 5.74) is 3.26. The van der Waals surface area contributed by atoms with Crippen molar-refractivity contribution < 1.29 is 14.7 Å². The first-order valence-electron chi connectivity index (χ1n) is 4.00. The Morgan fingerprint density at radius 2 is 2.14 bits per heavy atom. The smallest absolute Gasteiger partial charge is 0.141 e. The van der Waals surface area contributed by atoms with Crippen molar-refractivity contribution in [2.75, 3.05) is 14.2 Å². The van der Waals surface area contributed by atoms with Gasteiger partial charge in [-0.2, -0.15) is 5.48 Å². The molecule has 0 bridgehead atoms. The fourth-order valence-corrected chi connectivity index (χ4v) is 1.30. The van der Waals surface area contributed by atoms with Crippen molar-refractivity contribution in [1.82, 2.24) is 5.48 Å². The van der Waals surface area contributed by atoms with E-state index in [4.69, 9.17) is 16.3 Å². The zero-order chi connectivity index (χ0) is 10.6.